The second kappa shape index (κ2) is 7.12. The molecule has 0 aliphatic carbocycles. The first kappa shape index (κ1) is 16.1. The van der Waals surface area contributed by atoms with E-state index >= 15 is 0 Å². The predicted octanol–water partition coefficient (Wildman–Crippen LogP) is 3.94. The SMILES string of the molecule is CCc1ccc(C[C@H](Oc2cc(C)cc(C)c2)C(=O)O)cc1. The number of hydrogen-bond donors (Lipinski definition) is 1. The molecule has 3 nitrogen and oxygen atoms in total. The number of aryl methyl sites for hydroxylation is 3. The molecule has 116 valence electrons. The van der Waals surface area contributed by atoms with Gasteiger partial charge in [-0.2, -0.15) is 0 Å². The molecule has 0 amide bonds. The van der Waals surface area contributed by atoms with Crippen LogP contribution in [0.15, 0.2) is 42.5 Å². The van der Waals surface area contributed by atoms with Crippen molar-refractivity contribution in [3.8, 4) is 5.75 Å². The number of ether oxygens (including phenoxy) is 1. The summed E-state index contributed by atoms with van der Waals surface area (Å²) in [4.78, 5) is 11.5. The zero-order valence-corrected chi connectivity index (χ0v) is 13.3. The molecule has 0 fully saturated rings. The minimum Gasteiger partial charge on any atom is -0.478 e. The fourth-order valence-corrected chi connectivity index (χ4v) is 2.47. The Balaban J connectivity index is 2.13. The molecule has 0 aromatic heterocycles. The van der Waals surface area contributed by atoms with Gasteiger partial charge in [0.2, 0.25) is 0 Å². The van der Waals surface area contributed by atoms with E-state index in [4.69, 9.17) is 4.74 Å². The number of rotatable bonds is 6. The van der Waals surface area contributed by atoms with Crippen LogP contribution in [0.4, 0.5) is 0 Å². The third-order valence-corrected chi connectivity index (χ3v) is 3.60. The lowest BCUT2D eigenvalue weighted by atomic mass is 10.0. The molecule has 0 saturated heterocycles. The van der Waals surface area contributed by atoms with Gasteiger partial charge in [0.25, 0.3) is 0 Å². The van der Waals surface area contributed by atoms with Crippen molar-refractivity contribution in [1.29, 1.82) is 0 Å². The number of benzene rings is 2. The van der Waals surface area contributed by atoms with E-state index in [-0.39, 0.29) is 0 Å². The first-order valence-corrected chi connectivity index (χ1v) is 7.53. The van der Waals surface area contributed by atoms with E-state index in [1.807, 2.05) is 56.3 Å². The van der Waals surface area contributed by atoms with Crippen LogP contribution in [-0.2, 0) is 17.6 Å². The highest BCUT2D eigenvalue weighted by Crippen LogP contribution is 2.19. The van der Waals surface area contributed by atoms with Crippen LogP contribution in [0.1, 0.15) is 29.2 Å². The van der Waals surface area contributed by atoms with Gasteiger partial charge in [-0.25, -0.2) is 4.79 Å². The van der Waals surface area contributed by atoms with Gasteiger partial charge in [-0.05, 0) is 54.7 Å². The molecule has 1 atom stereocenters. The summed E-state index contributed by atoms with van der Waals surface area (Å²) in [5.74, 6) is -0.339. The summed E-state index contributed by atoms with van der Waals surface area (Å²) in [5, 5.41) is 9.41. The maximum absolute atomic E-state index is 11.5. The molecule has 2 aromatic carbocycles. The van der Waals surface area contributed by atoms with Gasteiger partial charge in [0, 0.05) is 6.42 Å². The Morgan fingerprint density at radius 1 is 1.05 bits per heavy atom. The molecule has 0 bridgehead atoms. The highest BCUT2D eigenvalue weighted by molar-refractivity contribution is 5.73. The standard InChI is InChI=1S/C19H22O3/c1-4-15-5-7-16(8-6-15)12-18(19(20)21)22-17-10-13(2)9-14(3)11-17/h5-11,18H,4,12H2,1-3H3,(H,20,21)/t18-/m0/s1. The monoisotopic (exact) mass is 298 g/mol. The molecule has 0 saturated carbocycles. The quantitative estimate of drug-likeness (QED) is 0.878. The number of aliphatic carboxylic acids is 1. The molecular formula is C19H22O3. The van der Waals surface area contributed by atoms with Crippen LogP contribution < -0.4 is 4.74 Å². The minimum absolute atomic E-state index is 0.353. The Morgan fingerprint density at radius 3 is 2.09 bits per heavy atom. The first-order chi connectivity index (χ1) is 10.5. The Labute approximate surface area is 131 Å². The predicted molar refractivity (Wildman–Crippen MR) is 87.5 cm³/mol. The molecule has 0 aliphatic heterocycles. The summed E-state index contributed by atoms with van der Waals surface area (Å²) in [6.07, 6.45) is 0.447. The van der Waals surface area contributed by atoms with Crippen LogP contribution in [0.5, 0.6) is 5.75 Å². The minimum atomic E-state index is -0.946. The molecule has 0 spiro atoms. The average molecular weight is 298 g/mol. The molecular weight excluding hydrogens is 276 g/mol. The normalized spacial score (nSPS) is 12.0. The van der Waals surface area contributed by atoms with Gasteiger partial charge in [0.15, 0.2) is 6.10 Å². The van der Waals surface area contributed by atoms with E-state index < -0.39 is 12.1 Å². The Bertz CT molecular complexity index is 624. The van der Waals surface area contributed by atoms with Crippen LogP contribution in [-0.4, -0.2) is 17.2 Å². The molecule has 0 heterocycles. The average Bonchev–Trinajstić information content (AvgIpc) is 2.46. The van der Waals surface area contributed by atoms with Crippen molar-refractivity contribution >= 4 is 5.97 Å². The summed E-state index contributed by atoms with van der Waals surface area (Å²) < 4.78 is 5.70. The molecule has 2 rings (SSSR count). The number of carboxylic acids is 1. The summed E-state index contributed by atoms with van der Waals surface area (Å²) in [6.45, 7) is 6.04. The molecule has 22 heavy (non-hydrogen) atoms. The van der Waals surface area contributed by atoms with Crippen LogP contribution in [0, 0.1) is 13.8 Å². The van der Waals surface area contributed by atoms with Crippen LogP contribution in [0.25, 0.3) is 0 Å². The van der Waals surface area contributed by atoms with E-state index in [9.17, 15) is 9.90 Å². The van der Waals surface area contributed by atoms with Crippen molar-refractivity contribution in [2.45, 2.75) is 39.7 Å². The van der Waals surface area contributed by atoms with Crippen molar-refractivity contribution < 1.29 is 14.6 Å². The van der Waals surface area contributed by atoms with E-state index in [1.54, 1.807) is 0 Å². The summed E-state index contributed by atoms with van der Waals surface area (Å²) in [7, 11) is 0. The van der Waals surface area contributed by atoms with Crippen LogP contribution >= 0.6 is 0 Å². The molecule has 0 aliphatic rings. The maximum atomic E-state index is 11.5. The Kier molecular flexibility index (Phi) is 5.21. The van der Waals surface area contributed by atoms with Gasteiger partial charge in [0.05, 0.1) is 0 Å². The van der Waals surface area contributed by atoms with Gasteiger partial charge in [0.1, 0.15) is 5.75 Å². The Hall–Kier alpha value is -2.29. The van der Waals surface area contributed by atoms with E-state index in [0.29, 0.717) is 12.2 Å². The van der Waals surface area contributed by atoms with Crippen molar-refractivity contribution in [3.63, 3.8) is 0 Å². The van der Waals surface area contributed by atoms with Crippen LogP contribution in [0.3, 0.4) is 0 Å². The lowest BCUT2D eigenvalue weighted by Gasteiger charge is -2.16. The third-order valence-electron chi connectivity index (χ3n) is 3.60. The van der Waals surface area contributed by atoms with Gasteiger partial charge in [-0.15, -0.1) is 0 Å². The zero-order chi connectivity index (χ0) is 16.1. The molecule has 0 unspecified atom stereocenters. The molecule has 3 heteroatoms. The largest absolute Gasteiger partial charge is 0.478 e. The second-order valence-corrected chi connectivity index (χ2v) is 5.64. The molecule has 0 radical (unpaired) electrons. The lowest BCUT2D eigenvalue weighted by Crippen LogP contribution is -2.29. The van der Waals surface area contributed by atoms with Crippen molar-refractivity contribution in [3.05, 3.63) is 64.7 Å². The van der Waals surface area contributed by atoms with Crippen LogP contribution in [0.2, 0.25) is 0 Å². The summed E-state index contributed by atoms with van der Waals surface area (Å²) in [6, 6.07) is 13.8. The number of hydrogen-bond acceptors (Lipinski definition) is 2. The lowest BCUT2D eigenvalue weighted by molar-refractivity contribution is -0.145. The third kappa shape index (κ3) is 4.35. The topological polar surface area (TPSA) is 46.5 Å². The number of carboxylic acid groups (broad SMARTS) is 1. The van der Waals surface area contributed by atoms with Crippen molar-refractivity contribution in [1.82, 2.24) is 0 Å². The smallest absolute Gasteiger partial charge is 0.345 e. The van der Waals surface area contributed by atoms with Crippen molar-refractivity contribution in [2.24, 2.45) is 0 Å². The van der Waals surface area contributed by atoms with Gasteiger partial charge >= 0.3 is 5.97 Å². The number of carbonyl (C=O) groups is 1. The summed E-state index contributed by atoms with van der Waals surface area (Å²) in [5.41, 5.74) is 4.33. The molecule has 1 N–H and O–H groups in total. The fraction of sp³-hybridized carbons (Fsp3) is 0.316. The van der Waals surface area contributed by atoms with E-state index in [2.05, 4.69) is 6.92 Å². The first-order valence-electron chi connectivity index (χ1n) is 7.53. The van der Waals surface area contributed by atoms with Gasteiger partial charge in [-0.1, -0.05) is 37.3 Å². The fourth-order valence-electron chi connectivity index (χ4n) is 2.47. The highest BCUT2D eigenvalue weighted by atomic mass is 16.5. The summed E-state index contributed by atoms with van der Waals surface area (Å²) >= 11 is 0. The second-order valence-electron chi connectivity index (χ2n) is 5.64. The molecule has 2 aromatic rings. The van der Waals surface area contributed by atoms with Crippen molar-refractivity contribution in [2.75, 3.05) is 0 Å². The maximum Gasteiger partial charge on any atom is 0.345 e. The van der Waals surface area contributed by atoms with E-state index in [0.717, 1.165) is 23.1 Å². The van der Waals surface area contributed by atoms with Gasteiger partial charge < -0.3 is 9.84 Å². The van der Waals surface area contributed by atoms with Gasteiger partial charge in [-0.3, -0.25) is 0 Å². The Morgan fingerprint density at radius 2 is 1.59 bits per heavy atom. The zero-order valence-electron chi connectivity index (χ0n) is 13.3. The highest BCUT2D eigenvalue weighted by Gasteiger charge is 2.20. The van der Waals surface area contributed by atoms with E-state index in [1.165, 1.54) is 5.56 Å².